The largest absolute Gasteiger partial charge is 0.346 e. The van der Waals surface area contributed by atoms with Crippen LogP contribution >= 0.6 is 11.3 Å². The second-order valence-electron chi connectivity index (χ2n) is 4.84. The summed E-state index contributed by atoms with van der Waals surface area (Å²) in [5.41, 5.74) is -0.146. The molecular formula is C14H17NOS. The minimum absolute atomic E-state index is 0.0260. The van der Waals surface area contributed by atoms with Gasteiger partial charge in [0.15, 0.2) is 0 Å². The van der Waals surface area contributed by atoms with Crippen LogP contribution in [0.25, 0.3) is 10.1 Å². The molecule has 2 nitrogen and oxygen atoms in total. The van der Waals surface area contributed by atoms with E-state index in [1.165, 1.54) is 0 Å². The predicted molar refractivity (Wildman–Crippen MR) is 73.7 cm³/mol. The summed E-state index contributed by atoms with van der Waals surface area (Å²) in [6.45, 7) is 6.15. The first-order valence-electron chi connectivity index (χ1n) is 5.83. The molecule has 1 heterocycles. The van der Waals surface area contributed by atoms with E-state index >= 15 is 0 Å². The van der Waals surface area contributed by atoms with E-state index in [9.17, 15) is 4.79 Å². The Labute approximate surface area is 106 Å². The number of nitrogens with one attached hydrogen (secondary N) is 1. The van der Waals surface area contributed by atoms with Crippen LogP contribution in [0.4, 0.5) is 0 Å². The zero-order valence-corrected chi connectivity index (χ0v) is 11.2. The summed E-state index contributed by atoms with van der Waals surface area (Å²) in [6, 6.07) is 10.0. The molecule has 90 valence electrons. The van der Waals surface area contributed by atoms with Crippen molar-refractivity contribution in [2.24, 2.45) is 0 Å². The Morgan fingerprint density at radius 2 is 2.06 bits per heavy atom. The maximum atomic E-state index is 12.1. The van der Waals surface area contributed by atoms with Gasteiger partial charge in [-0.2, -0.15) is 0 Å². The molecule has 3 heteroatoms. The molecular weight excluding hydrogens is 230 g/mol. The molecule has 0 radical (unpaired) electrons. The minimum atomic E-state index is -0.146. The van der Waals surface area contributed by atoms with Crippen LogP contribution in [0, 0.1) is 0 Å². The third-order valence-electron chi connectivity index (χ3n) is 2.99. The molecule has 0 aliphatic rings. The third-order valence-corrected chi connectivity index (χ3v) is 4.10. The smallest absolute Gasteiger partial charge is 0.261 e. The quantitative estimate of drug-likeness (QED) is 0.877. The molecule has 0 fully saturated rings. The molecule has 0 unspecified atom stereocenters. The van der Waals surface area contributed by atoms with Crippen molar-refractivity contribution in [3.05, 3.63) is 35.2 Å². The highest BCUT2D eigenvalue weighted by molar-refractivity contribution is 7.20. The van der Waals surface area contributed by atoms with Gasteiger partial charge in [-0.05, 0) is 37.8 Å². The number of carbonyl (C=O) groups is 1. The van der Waals surface area contributed by atoms with Crippen LogP contribution < -0.4 is 5.32 Å². The standard InChI is InChI=1S/C14H17NOS/c1-4-14(2,3)15-13(16)12-9-10-7-5-6-8-11(10)17-12/h5-9H,4H2,1-3H3,(H,15,16). The molecule has 0 saturated heterocycles. The summed E-state index contributed by atoms with van der Waals surface area (Å²) in [7, 11) is 0. The highest BCUT2D eigenvalue weighted by Gasteiger charge is 2.19. The maximum absolute atomic E-state index is 12.1. The second kappa shape index (κ2) is 4.49. The fourth-order valence-corrected chi connectivity index (χ4v) is 2.51. The van der Waals surface area contributed by atoms with Crippen molar-refractivity contribution < 1.29 is 4.79 Å². The lowest BCUT2D eigenvalue weighted by molar-refractivity contribution is 0.0915. The first-order valence-corrected chi connectivity index (χ1v) is 6.64. The topological polar surface area (TPSA) is 29.1 Å². The molecule has 0 spiro atoms. The molecule has 1 N–H and O–H groups in total. The maximum Gasteiger partial charge on any atom is 0.261 e. The molecule has 2 rings (SSSR count). The zero-order chi connectivity index (χ0) is 12.5. The summed E-state index contributed by atoms with van der Waals surface area (Å²) in [5, 5.41) is 4.19. The van der Waals surface area contributed by atoms with Crippen LogP contribution in [-0.4, -0.2) is 11.4 Å². The lowest BCUT2D eigenvalue weighted by Crippen LogP contribution is -2.42. The summed E-state index contributed by atoms with van der Waals surface area (Å²) in [4.78, 5) is 12.9. The van der Waals surface area contributed by atoms with E-state index in [-0.39, 0.29) is 11.4 Å². The SMILES string of the molecule is CCC(C)(C)NC(=O)c1cc2ccccc2s1. The van der Waals surface area contributed by atoms with Gasteiger partial charge in [0.05, 0.1) is 4.88 Å². The monoisotopic (exact) mass is 247 g/mol. The average Bonchev–Trinajstić information content (AvgIpc) is 2.72. The summed E-state index contributed by atoms with van der Waals surface area (Å²) >= 11 is 1.54. The lowest BCUT2D eigenvalue weighted by atomic mass is 10.0. The molecule has 1 aromatic carbocycles. The number of benzene rings is 1. The van der Waals surface area contributed by atoms with Gasteiger partial charge < -0.3 is 5.32 Å². The highest BCUT2D eigenvalue weighted by Crippen LogP contribution is 2.25. The van der Waals surface area contributed by atoms with Gasteiger partial charge in [-0.25, -0.2) is 0 Å². The van der Waals surface area contributed by atoms with E-state index in [4.69, 9.17) is 0 Å². The Bertz CT molecular complexity index is 509. The van der Waals surface area contributed by atoms with Gasteiger partial charge in [-0.3, -0.25) is 4.79 Å². The Morgan fingerprint density at radius 3 is 2.71 bits per heavy atom. The number of carbonyl (C=O) groups excluding carboxylic acids is 1. The number of thiophene rings is 1. The van der Waals surface area contributed by atoms with E-state index in [0.717, 1.165) is 21.4 Å². The number of hydrogen-bond acceptors (Lipinski definition) is 2. The fourth-order valence-electron chi connectivity index (χ4n) is 1.55. The summed E-state index contributed by atoms with van der Waals surface area (Å²) in [5.74, 6) is 0.0260. The molecule has 17 heavy (non-hydrogen) atoms. The molecule has 0 aliphatic heterocycles. The van der Waals surface area contributed by atoms with Gasteiger partial charge in [0.2, 0.25) is 0 Å². The first-order chi connectivity index (χ1) is 8.02. The van der Waals surface area contributed by atoms with E-state index in [1.807, 2.05) is 44.2 Å². The van der Waals surface area contributed by atoms with Crippen LogP contribution in [0.5, 0.6) is 0 Å². The van der Waals surface area contributed by atoms with Gasteiger partial charge in [0.25, 0.3) is 5.91 Å². The van der Waals surface area contributed by atoms with Crippen molar-refractivity contribution in [1.29, 1.82) is 0 Å². The van der Waals surface area contributed by atoms with Crippen LogP contribution in [-0.2, 0) is 0 Å². The second-order valence-corrected chi connectivity index (χ2v) is 5.92. The van der Waals surface area contributed by atoms with Gasteiger partial charge in [0.1, 0.15) is 0 Å². The van der Waals surface area contributed by atoms with Crippen molar-refractivity contribution in [3.63, 3.8) is 0 Å². The van der Waals surface area contributed by atoms with Gasteiger partial charge in [0, 0.05) is 10.2 Å². The van der Waals surface area contributed by atoms with Crippen molar-refractivity contribution in [2.75, 3.05) is 0 Å². The van der Waals surface area contributed by atoms with E-state index in [1.54, 1.807) is 11.3 Å². The number of fused-ring (bicyclic) bond motifs is 1. The number of rotatable bonds is 3. The van der Waals surface area contributed by atoms with Crippen molar-refractivity contribution in [2.45, 2.75) is 32.7 Å². The number of amides is 1. The molecule has 0 aliphatic carbocycles. The molecule has 1 amide bonds. The fraction of sp³-hybridized carbons (Fsp3) is 0.357. The highest BCUT2D eigenvalue weighted by atomic mass is 32.1. The molecule has 0 saturated carbocycles. The third kappa shape index (κ3) is 2.67. The molecule has 0 atom stereocenters. The van der Waals surface area contributed by atoms with Crippen LogP contribution in [0.1, 0.15) is 36.9 Å². The van der Waals surface area contributed by atoms with Gasteiger partial charge >= 0.3 is 0 Å². The van der Waals surface area contributed by atoms with E-state index < -0.39 is 0 Å². The van der Waals surface area contributed by atoms with E-state index in [0.29, 0.717) is 0 Å². The van der Waals surface area contributed by atoms with Crippen molar-refractivity contribution >= 4 is 27.3 Å². The van der Waals surface area contributed by atoms with Crippen molar-refractivity contribution in [3.8, 4) is 0 Å². The summed E-state index contributed by atoms with van der Waals surface area (Å²) < 4.78 is 1.16. The summed E-state index contributed by atoms with van der Waals surface area (Å²) in [6.07, 6.45) is 0.920. The average molecular weight is 247 g/mol. The van der Waals surface area contributed by atoms with Gasteiger partial charge in [-0.15, -0.1) is 11.3 Å². The Hall–Kier alpha value is -1.35. The van der Waals surface area contributed by atoms with Crippen molar-refractivity contribution in [1.82, 2.24) is 5.32 Å². The van der Waals surface area contributed by atoms with Crippen LogP contribution in [0.2, 0.25) is 0 Å². The lowest BCUT2D eigenvalue weighted by Gasteiger charge is -2.23. The van der Waals surface area contributed by atoms with Crippen LogP contribution in [0.3, 0.4) is 0 Å². The Balaban J connectivity index is 2.25. The minimum Gasteiger partial charge on any atom is -0.346 e. The number of hydrogen-bond donors (Lipinski definition) is 1. The normalized spacial score (nSPS) is 11.7. The molecule has 1 aromatic heterocycles. The van der Waals surface area contributed by atoms with Gasteiger partial charge in [-0.1, -0.05) is 25.1 Å². The predicted octanol–water partition coefficient (Wildman–Crippen LogP) is 3.82. The first kappa shape index (κ1) is 12.1. The molecule has 2 aromatic rings. The zero-order valence-electron chi connectivity index (χ0n) is 10.4. The molecule has 0 bridgehead atoms. The van der Waals surface area contributed by atoms with Crippen LogP contribution in [0.15, 0.2) is 30.3 Å². The van der Waals surface area contributed by atoms with E-state index in [2.05, 4.69) is 12.2 Å². The Morgan fingerprint density at radius 1 is 1.35 bits per heavy atom. The Kier molecular flexibility index (Phi) is 3.20.